The number of hydrogen-bond donors (Lipinski definition) is 0. The van der Waals surface area contributed by atoms with E-state index in [4.69, 9.17) is 0 Å². The van der Waals surface area contributed by atoms with E-state index in [1.54, 1.807) is 12.1 Å². The smallest absolute Gasteiger partial charge is 0.258 e. The number of nitrogens with zero attached hydrogens (tertiary/aromatic N) is 2. The zero-order valence-electron chi connectivity index (χ0n) is 9.69. The number of allylic oxidation sites excluding steroid dienone is 2. The van der Waals surface area contributed by atoms with Crippen molar-refractivity contribution < 1.29 is 4.92 Å². The summed E-state index contributed by atoms with van der Waals surface area (Å²) in [5, 5.41) is 20.1. The Morgan fingerprint density at radius 1 is 1.33 bits per heavy atom. The third-order valence-electron chi connectivity index (χ3n) is 4.07. The Kier molecular flexibility index (Phi) is 2.41. The molecule has 0 aliphatic heterocycles. The molecular formula is C14H12N2O2. The number of nitro groups is 1. The highest BCUT2D eigenvalue weighted by molar-refractivity contribution is 5.40. The number of rotatable bonds is 2. The molecule has 3 rings (SSSR count). The molecule has 0 aromatic heterocycles. The van der Waals surface area contributed by atoms with Crippen LogP contribution in [0.25, 0.3) is 0 Å². The van der Waals surface area contributed by atoms with Gasteiger partial charge in [0.15, 0.2) is 0 Å². The van der Waals surface area contributed by atoms with E-state index in [2.05, 4.69) is 18.2 Å². The Balaban J connectivity index is 2.00. The molecule has 0 N–H and O–H groups in total. The van der Waals surface area contributed by atoms with E-state index in [0.717, 1.165) is 12.0 Å². The first-order valence-corrected chi connectivity index (χ1v) is 6.03. The van der Waals surface area contributed by atoms with Crippen molar-refractivity contribution in [1.29, 1.82) is 5.26 Å². The lowest BCUT2D eigenvalue weighted by Crippen LogP contribution is -2.16. The molecule has 1 saturated carbocycles. The summed E-state index contributed by atoms with van der Waals surface area (Å²) in [4.78, 5) is 10.4. The van der Waals surface area contributed by atoms with Gasteiger partial charge in [0.05, 0.1) is 16.9 Å². The second-order valence-electron chi connectivity index (χ2n) is 4.98. The van der Waals surface area contributed by atoms with Gasteiger partial charge >= 0.3 is 0 Å². The lowest BCUT2D eigenvalue weighted by Gasteiger charge is -2.22. The molecule has 0 spiro atoms. The summed E-state index contributed by atoms with van der Waals surface area (Å²) in [5.41, 5.74) is 1.03. The van der Waals surface area contributed by atoms with E-state index >= 15 is 0 Å². The van der Waals surface area contributed by atoms with Gasteiger partial charge < -0.3 is 0 Å². The second-order valence-corrected chi connectivity index (χ2v) is 4.98. The first-order valence-electron chi connectivity index (χ1n) is 6.03. The largest absolute Gasteiger partial charge is 0.269 e. The van der Waals surface area contributed by atoms with Crippen LogP contribution in [0.3, 0.4) is 0 Å². The zero-order valence-corrected chi connectivity index (χ0v) is 9.69. The van der Waals surface area contributed by atoms with E-state index < -0.39 is 0 Å². The average Bonchev–Trinajstić information content (AvgIpc) is 2.98. The van der Waals surface area contributed by atoms with E-state index in [-0.39, 0.29) is 22.4 Å². The predicted molar refractivity (Wildman–Crippen MR) is 65.7 cm³/mol. The highest BCUT2D eigenvalue weighted by atomic mass is 16.6. The van der Waals surface area contributed by atoms with E-state index in [9.17, 15) is 15.4 Å². The molecule has 2 aliphatic carbocycles. The van der Waals surface area contributed by atoms with Crippen molar-refractivity contribution in [1.82, 2.24) is 0 Å². The van der Waals surface area contributed by atoms with Gasteiger partial charge in [-0.2, -0.15) is 5.26 Å². The van der Waals surface area contributed by atoms with Gasteiger partial charge in [-0.25, -0.2) is 0 Å². The fraction of sp³-hybridized carbons (Fsp3) is 0.357. The molecule has 1 aromatic rings. The summed E-state index contributed by atoms with van der Waals surface area (Å²) in [6.45, 7) is 0. The molecule has 2 aliphatic rings. The normalized spacial score (nSPS) is 32.4. The number of benzene rings is 1. The van der Waals surface area contributed by atoms with Gasteiger partial charge in [0, 0.05) is 18.1 Å². The van der Waals surface area contributed by atoms with Crippen molar-refractivity contribution in [2.24, 2.45) is 17.8 Å². The van der Waals surface area contributed by atoms with Gasteiger partial charge in [0.25, 0.3) is 5.69 Å². The standard InChI is InChI=1S/C14H12N2O2/c15-8-13-9-4-5-11(6-9)14(13)10-2-1-3-12(7-10)16(17)18/h1-5,7,9,11,13-14H,6H2. The molecule has 0 saturated heterocycles. The van der Waals surface area contributed by atoms with Crippen LogP contribution in [0.1, 0.15) is 17.9 Å². The molecule has 18 heavy (non-hydrogen) atoms. The maximum atomic E-state index is 10.8. The van der Waals surface area contributed by atoms with Gasteiger partial charge in [-0.15, -0.1) is 0 Å². The molecular weight excluding hydrogens is 228 g/mol. The fourth-order valence-corrected chi connectivity index (χ4v) is 3.30. The fourth-order valence-electron chi connectivity index (χ4n) is 3.30. The van der Waals surface area contributed by atoms with Crippen LogP contribution in [0.2, 0.25) is 0 Å². The van der Waals surface area contributed by atoms with Gasteiger partial charge in [-0.1, -0.05) is 24.3 Å². The first-order chi connectivity index (χ1) is 8.70. The molecule has 0 amide bonds. The predicted octanol–water partition coefficient (Wildman–Crippen LogP) is 3.02. The van der Waals surface area contributed by atoms with Crippen LogP contribution in [-0.2, 0) is 0 Å². The molecule has 0 heterocycles. The Hall–Kier alpha value is -2.15. The SMILES string of the molecule is N#CC1C2C=CC(C2)C1c1cccc([N+](=O)[O-])c1. The molecule has 90 valence electrons. The van der Waals surface area contributed by atoms with Gasteiger partial charge in [-0.05, 0) is 23.8 Å². The van der Waals surface area contributed by atoms with E-state index in [1.807, 2.05) is 6.07 Å². The van der Waals surface area contributed by atoms with Crippen LogP contribution in [-0.4, -0.2) is 4.92 Å². The maximum Gasteiger partial charge on any atom is 0.269 e. The highest BCUT2D eigenvalue weighted by Gasteiger charge is 2.45. The quantitative estimate of drug-likeness (QED) is 0.453. The van der Waals surface area contributed by atoms with Crippen LogP contribution in [0.4, 0.5) is 5.69 Å². The lowest BCUT2D eigenvalue weighted by molar-refractivity contribution is -0.384. The van der Waals surface area contributed by atoms with Crippen molar-refractivity contribution in [2.75, 3.05) is 0 Å². The number of fused-ring (bicyclic) bond motifs is 2. The van der Waals surface area contributed by atoms with Crippen LogP contribution in [0.15, 0.2) is 36.4 Å². The van der Waals surface area contributed by atoms with Crippen LogP contribution < -0.4 is 0 Å². The summed E-state index contributed by atoms with van der Waals surface area (Å²) in [5.74, 6) is 0.762. The van der Waals surface area contributed by atoms with E-state index in [0.29, 0.717) is 11.8 Å². The van der Waals surface area contributed by atoms with Gasteiger partial charge in [-0.3, -0.25) is 10.1 Å². The van der Waals surface area contributed by atoms with Crippen LogP contribution in [0, 0.1) is 39.2 Å². The van der Waals surface area contributed by atoms with Crippen molar-refractivity contribution >= 4 is 5.69 Å². The summed E-state index contributed by atoms with van der Waals surface area (Å²) >= 11 is 0. The Morgan fingerprint density at radius 3 is 2.83 bits per heavy atom. The summed E-state index contributed by atoms with van der Waals surface area (Å²) in [7, 11) is 0. The van der Waals surface area contributed by atoms with E-state index in [1.165, 1.54) is 6.07 Å². The molecule has 0 radical (unpaired) electrons. The monoisotopic (exact) mass is 240 g/mol. The molecule has 1 fully saturated rings. The number of non-ortho nitro benzene ring substituents is 1. The first kappa shape index (κ1) is 11.0. The third kappa shape index (κ3) is 1.52. The number of hydrogen-bond acceptors (Lipinski definition) is 3. The van der Waals surface area contributed by atoms with Gasteiger partial charge in [0.2, 0.25) is 0 Å². The van der Waals surface area contributed by atoms with Crippen molar-refractivity contribution in [2.45, 2.75) is 12.3 Å². The summed E-state index contributed by atoms with van der Waals surface area (Å²) in [6, 6.07) is 9.09. The molecule has 1 aromatic carbocycles. The van der Waals surface area contributed by atoms with Crippen molar-refractivity contribution in [3.8, 4) is 6.07 Å². The van der Waals surface area contributed by atoms with Crippen molar-refractivity contribution in [3.63, 3.8) is 0 Å². The summed E-state index contributed by atoms with van der Waals surface area (Å²) in [6.07, 6.45) is 5.28. The second kappa shape index (κ2) is 3.95. The molecule has 4 unspecified atom stereocenters. The molecule has 4 nitrogen and oxygen atoms in total. The maximum absolute atomic E-state index is 10.8. The Morgan fingerprint density at radius 2 is 2.11 bits per heavy atom. The average molecular weight is 240 g/mol. The number of nitriles is 1. The third-order valence-corrected chi connectivity index (χ3v) is 4.07. The highest BCUT2D eigenvalue weighted by Crippen LogP contribution is 2.52. The van der Waals surface area contributed by atoms with Crippen molar-refractivity contribution in [3.05, 3.63) is 52.1 Å². The topological polar surface area (TPSA) is 66.9 Å². The zero-order chi connectivity index (χ0) is 12.7. The van der Waals surface area contributed by atoms with Crippen LogP contribution >= 0.6 is 0 Å². The minimum Gasteiger partial charge on any atom is -0.258 e. The molecule has 2 bridgehead atoms. The molecule has 4 heteroatoms. The molecule has 4 atom stereocenters. The van der Waals surface area contributed by atoms with Gasteiger partial charge in [0.1, 0.15) is 0 Å². The van der Waals surface area contributed by atoms with Crippen LogP contribution in [0.5, 0.6) is 0 Å². The lowest BCUT2D eigenvalue weighted by atomic mass is 9.79. The Labute approximate surface area is 105 Å². The summed E-state index contributed by atoms with van der Waals surface area (Å²) < 4.78 is 0. The Bertz CT molecular complexity index is 573. The minimum atomic E-state index is -0.381. The number of nitro benzene ring substituents is 1. The minimum absolute atomic E-state index is 0.0398.